The Kier molecular flexibility index (Phi) is 3.47. The lowest BCUT2D eigenvalue weighted by Gasteiger charge is -2.16. The van der Waals surface area contributed by atoms with E-state index < -0.39 is 0 Å². The van der Waals surface area contributed by atoms with Crippen molar-refractivity contribution in [1.29, 1.82) is 0 Å². The molecule has 4 N–H and O–H groups in total. The van der Waals surface area contributed by atoms with E-state index in [1.165, 1.54) is 6.07 Å². The predicted molar refractivity (Wildman–Crippen MR) is 68.2 cm³/mol. The zero-order chi connectivity index (χ0) is 12.4. The van der Waals surface area contributed by atoms with Gasteiger partial charge in [0.05, 0.1) is 0 Å². The van der Waals surface area contributed by atoms with Crippen molar-refractivity contribution in [2.75, 3.05) is 5.32 Å². The normalized spacial score (nSPS) is 18.8. The highest BCUT2D eigenvalue weighted by Crippen LogP contribution is 2.37. The summed E-state index contributed by atoms with van der Waals surface area (Å²) in [5.41, 5.74) is 5.65. The van der Waals surface area contributed by atoms with E-state index >= 15 is 0 Å². The van der Waals surface area contributed by atoms with Crippen molar-refractivity contribution in [2.45, 2.75) is 51.1 Å². The molecule has 5 heteroatoms. The third-order valence-corrected chi connectivity index (χ3v) is 2.84. The van der Waals surface area contributed by atoms with Crippen molar-refractivity contribution in [3.63, 3.8) is 0 Å². The number of rotatable bonds is 5. The van der Waals surface area contributed by atoms with Gasteiger partial charge in [0.2, 0.25) is 0 Å². The molecular weight excluding hydrogens is 216 g/mol. The molecule has 2 atom stereocenters. The van der Waals surface area contributed by atoms with Crippen LogP contribution < -0.4 is 16.6 Å². The van der Waals surface area contributed by atoms with Crippen LogP contribution in [0.25, 0.3) is 0 Å². The molecule has 1 saturated carbocycles. The van der Waals surface area contributed by atoms with Gasteiger partial charge in [-0.25, -0.2) is 4.98 Å². The third kappa shape index (κ3) is 3.56. The van der Waals surface area contributed by atoms with Gasteiger partial charge < -0.3 is 16.0 Å². The quantitative estimate of drug-likeness (QED) is 0.717. The van der Waals surface area contributed by atoms with Crippen molar-refractivity contribution in [2.24, 2.45) is 5.73 Å². The minimum atomic E-state index is -0.0857. The number of hydrogen-bond donors (Lipinski definition) is 3. The van der Waals surface area contributed by atoms with Crippen LogP contribution in [0.5, 0.6) is 0 Å². The minimum Gasteiger partial charge on any atom is -0.367 e. The first-order chi connectivity index (χ1) is 8.04. The molecule has 0 aromatic carbocycles. The van der Waals surface area contributed by atoms with E-state index in [9.17, 15) is 4.79 Å². The summed E-state index contributed by atoms with van der Waals surface area (Å²) < 4.78 is 0. The summed E-state index contributed by atoms with van der Waals surface area (Å²) in [4.78, 5) is 18.7. The number of nitrogens with two attached hydrogens (primary N) is 1. The van der Waals surface area contributed by atoms with Gasteiger partial charge in [0.25, 0.3) is 5.56 Å². The Morgan fingerprint density at radius 3 is 2.88 bits per heavy atom. The topological polar surface area (TPSA) is 83.8 Å². The van der Waals surface area contributed by atoms with Crippen LogP contribution in [0.1, 0.15) is 44.9 Å². The number of nitrogens with zero attached hydrogens (tertiary/aromatic N) is 1. The zero-order valence-electron chi connectivity index (χ0n) is 10.4. The van der Waals surface area contributed by atoms with Gasteiger partial charge in [-0.3, -0.25) is 4.79 Å². The van der Waals surface area contributed by atoms with Crippen molar-refractivity contribution in [3.05, 3.63) is 22.2 Å². The van der Waals surface area contributed by atoms with Crippen LogP contribution in [-0.4, -0.2) is 22.1 Å². The number of hydrogen-bond acceptors (Lipinski definition) is 4. The summed E-state index contributed by atoms with van der Waals surface area (Å²) in [6.07, 6.45) is 3.11. The average Bonchev–Trinajstić information content (AvgIpc) is 2.97. The molecule has 0 saturated heterocycles. The van der Waals surface area contributed by atoms with Gasteiger partial charge in [-0.2, -0.15) is 0 Å². The first-order valence-electron chi connectivity index (χ1n) is 6.18. The van der Waals surface area contributed by atoms with Crippen molar-refractivity contribution >= 4 is 5.82 Å². The van der Waals surface area contributed by atoms with Crippen molar-refractivity contribution < 1.29 is 0 Å². The lowest BCUT2D eigenvalue weighted by atomic mass is 10.1. The van der Waals surface area contributed by atoms with Crippen LogP contribution in [0.3, 0.4) is 0 Å². The van der Waals surface area contributed by atoms with Gasteiger partial charge in [0, 0.05) is 24.1 Å². The Bertz CT molecular complexity index is 436. The number of anilines is 1. The molecule has 0 amide bonds. The molecule has 5 nitrogen and oxygen atoms in total. The van der Waals surface area contributed by atoms with Gasteiger partial charge >= 0.3 is 0 Å². The Balaban J connectivity index is 2.07. The van der Waals surface area contributed by atoms with Crippen molar-refractivity contribution in [3.8, 4) is 0 Å². The molecule has 1 aromatic rings. The average molecular weight is 236 g/mol. The fourth-order valence-electron chi connectivity index (χ4n) is 1.97. The van der Waals surface area contributed by atoms with Gasteiger partial charge in [-0.05, 0) is 33.1 Å². The second kappa shape index (κ2) is 4.87. The van der Waals surface area contributed by atoms with Gasteiger partial charge in [0.1, 0.15) is 11.6 Å². The molecule has 1 aromatic heterocycles. The van der Waals surface area contributed by atoms with Gasteiger partial charge in [-0.15, -0.1) is 0 Å². The Morgan fingerprint density at radius 2 is 2.29 bits per heavy atom. The maximum atomic E-state index is 11.5. The predicted octanol–water partition coefficient (Wildman–Crippen LogP) is 1.18. The molecule has 2 unspecified atom stereocenters. The van der Waals surface area contributed by atoms with E-state index in [1.807, 2.05) is 13.8 Å². The number of H-pyrrole nitrogens is 1. The third-order valence-electron chi connectivity index (χ3n) is 2.84. The van der Waals surface area contributed by atoms with E-state index in [2.05, 4.69) is 15.3 Å². The molecule has 0 bridgehead atoms. The monoisotopic (exact) mass is 236 g/mol. The molecule has 1 fully saturated rings. The molecular formula is C12H20N4O. The summed E-state index contributed by atoms with van der Waals surface area (Å²) >= 11 is 0. The number of aromatic amines is 1. The van der Waals surface area contributed by atoms with E-state index in [0.717, 1.165) is 25.1 Å². The Hall–Kier alpha value is -1.36. The molecule has 2 rings (SSSR count). The number of aromatic nitrogens is 2. The first kappa shape index (κ1) is 12.1. The zero-order valence-corrected chi connectivity index (χ0v) is 10.4. The second-order valence-corrected chi connectivity index (χ2v) is 5.05. The van der Waals surface area contributed by atoms with Crippen molar-refractivity contribution in [1.82, 2.24) is 9.97 Å². The lowest BCUT2D eigenvalue weighted by Crippen LogP contribution is -2.27. The second-order valence-electron chi connectivity index (χ2n) is 5.05. The van der Waals surface area contributed by atoms with Gasteiger partial charge in [-0.1, -0.05) is 0 Å². The summed E-state index contributed by atoms with van der Waals surface area (Å²) in [6, 6.07) is 1.86. The van der Waals surface area contributed by atoms with Crippen LogP contribution >= 0.6 is 0 Å². The summed E-state index contributed by atoms with van der Waals surface area (Å²) in [5, 5.41) is 3.23. The largest absolute Gasteiger partial charge is 0.367 e. The standard InChI is InChI=1S/C12H20N4O/c1-7(13)5-8(2)14-10-6-11(17)16-12(15-10)9-3-4-9/h6-9H,3-5,13H2,1-2H3,(H2,14,15,16,17). The van der Waals surface area contributed by atoms with E-state index in [-0.39, 0.29) is 17.6 Å². The SMILES string of the molecule is CC(N)CC(C)Nc1cc(=O)[nH]c(C2CC2)n1. The molecule has 17 heavy (non-hydrogen) atoms. The van der Waals surface area contributed by atoms with Gasteiger partial charge in [0.15, 0.2) is 0 Å². The van der Waals surface area contributed by atoms with E-state index in [4.69, 9.17) is 5.73 Å². The van der Waals surface area contributed by atoms with Crippen LogP contribution in [0.4, 0.5) is 5.82 Å². The van der Waals surface area contributed by atoms with E-state index in [1.54, 1.807) is 0 Å². The smallest absolute Gasteiger partial charge is 0.252 e. The van der Waals surface area contributed by atoms with Crippen LogP contribution in [-0.2, 0) is 0 Å². The maximum absolute atomic E-state index is 11.5. The maximum Gasteiger partial charge on any atom is 0.252 e. The summed E-state index contributed by atoms with van der Waals surface area (Å²) in [5.74, 6) is 1.92. The Morgan fingerprint density at radius 1 is 1.59 bits per heavy atom. The molecule has 0 spiro atoms. The van der Waals surface area contributed by atoms with Crippen LogP contribution in [0.15, 0.2) is 10.9 Å². The summed E-state index contributed by atoms with van der Waals surface area (Å²) in [7, 11) is 0. The first-order valence-corrected chi connectivity index (χ1v) is 6.18. The fraction of sp³-hybridized carbons (Fsp3) is 0.667. The number of nitrogens with one attached hydrogen (secondary N) is 2. The van der Waals surface area contributed by atoms with E-state index in [0.29, 0.717) is 11.7 Å². The Labute approximate surface area is 101 Å². The summed E-state index contributed by atoms with van der Waals surface area (Å²) in [6.45, 7) is 4.02. The molecule has 94 valence electrons. The molecule has 1 heterocycles. The highest BCUT2D eigenvalue weighted by atomic mass is 16.1. The van der Waals surface area contributed by atoms with Crippen LogP contribution in [0.2, 0.25) is 0 Å². The lowest BCUT2D eigenvalue weighted by molar-refractivity contribution is 0.603. The highest BCUT2D eigenvalue weighted by Gasteiger charge is 2.26. The molecule has 0 radical (unpaired) electrons. The fourth-order valence-corrected chi connectivity index (χ4v) is 1.97. The molecule has 1 aliphatic carbocycles. The molecule has 0 aliphatic heterocycles. The molecule has 1 aliphatic rings. The minimum absolute atomic E-state index is 0.0857. The van der Waals surface area contributed by atoms with Crippen LogP contribution in [0, 0.1) is 0 Å². The highest BCUT2D eigenvalue weighted by molar-refractivity contribution is 5.35.